The van der Waals surface area contributed by atoms with Crippen molar-refractivity contribution in [3.63, 3.8) is 0 Å². The number of anilines is 2. The lowest BCUT2D eigenvalue weighted by molar-refractivity contribution is 0.0994. The van der Waals surface area contributed by atoms with Crippen LogP contribution in [-0.2, 0) is 36.5 Å². The largest absolute Gasteiger partial charge is 0.455 e. The average Bonchev–Trinajstić information content (AvgIpc) is 3.29. The molecule has 0 bridgehead atoms. The van der Waals surface area contributed by atoms with Crippen LogP contribution in [0.1, 0.15) is 33.5 Å². The second kappa shape index (κ2) is 13.7. The molecule has 0 fully saturated rings. The molecule has 0 saturated heterocycles. The number of primary sulfonamides is 1. The van der Waals surface area contributed by atoms with Crippen LogP contribution in [0.5, 0.6) is 23.0 Å². The van der Waals surface area contributed by atoms with E-state index in [9.17, 15) is 34.4 Å². The van der Waals surface area contributed by atoms with Crippen LogP contribution >= 0.6 is 0 Å². The number of nitrogens with one attached hydrogen (secondary N) is 2. The van der Waals surface area contributed by atoms with Crippen LogP contribution in [0.3, 0.4) is 0 Å². The molecule has 1 aliphatic carbocycles. The number of hydrogen-bond donors (Lipinski definition) is 3. The van der Waals surface area contributed by atoms with Gasteiger partial charge in [-0.15, -0.1) is 0 Å². The van der Waals surface area contributed by atoms with Gasteiger partial charge in [0, 0.05) is 18.1 Å². The predicted octanol–water partition coefficient (Wildman–Crippen LogP) is 5.23. The maximum absolute atomic E-state index is 14.0. The second-order valence-corrected chi connectivity index (χ2v) is 15.9. The molecule has 0 heterocycles. The van der Waals surface area contributed by atoms with Gasteiger partial charge in [0.25, 0.3) is 0 Å². The van der Waals surface area contributed by atoms with Crippen LogP contribution in [0.15, 0.2) is 77.7 Å². The summed E-state index contributed by atoms with van der Waals surface area (Å²) in [6.07, 6.45) is 2.92. The van der Waals surface area contributed by atoms with Crippen LogP contribution in [-0.4, -0.2) is 43.5 Å². The Labute approximate surface area is 272 Å². The summed E-state index contributed by atoms with van der Waals surface area (Å²) in [6, 6.07) is 18.1. The van der Waals surface area contributed by atoms with Gasteiger partial charge in [0.2, 0.25) is 30.1 Å². The van der Waals surface area contributed by atoms with E-state index in [4.69, 9.17) is 14.6 Å². The number of sulfonamides is 3. The zero-order chi connectivity index (χ0) is 34.7. The van der Waals surface area contributed by atoms with Gasteiger partial charge in [-0.1, -0.05) is 23.8 Å². The van der Waals surface area contributed by atoms with E-state index in [-0.39, 0.29) is 39.3 Å². The van der Waals surface area contributed by atoms with Crippen molar-refractivity contribution in [2.24, 2.45) is 5.14 Å². The third-order valence-corrected chi connectivity index (χ3v) is 8.65. The highest BCUT2D eigenvalue weighted by molar-refractivity contribution is 7.92. The lowest BCUT2D eigenvalue weighted by atomic mass is 10.1. The Morgan fingerprint density at radius 3 is 1.87 bits per heavy atom. The average molecular weight is 706 g/mol. The summed E-state index contributed by atoms with van der Waals surface area (Å²) in [4.78, 5) is 11.7. The van der Waals surface area contributed by atoms with Crippen molar-refractivity contribution in [2.75, 3.05) is 22.0 Å². The number of fused-ring (bicyclic) bond motifs is 1. The molecule has 0 aromatic heterocycles. The normalized spacial score (nSPS) is 12.9. The number of ketones is 1. The molecule has 0 spiro atoms. The third-order valence-electron chi connectivity index (χ3n) is 6.56. The molecule has 0 atom stereocenters. The van der Waals surface area contributed by atoms with E-state index in [1.54, 1.807) is 31.2 Å². The molecule has 4 aromatic rings. The van der Waals surface area contributed by atoms with E-state index in [0.717, 1.165) is 29.2 Å². The van der Waals surface area contributed by atoms with Crippen molar-refractivity contribution < 1.29 is 43.9 Å². The fraction of sp³-hybridized carbons (Fsp3) is 0.194. The monoisotopic (exact) mass is 705 g/mol. The number of hydrogen-bond acceptors (Lipinski definition) is 9. The molecule has 4 N–H and O–H groups in total. The van der Waals surface area contributed by atoms with Gasteiger partial charge in [-0.25, -0.2) is 34.8 Å². The van der Waals surface area contributed by atoms with Gasteiger partial charge >= 0.3 is 0 Å². The van der Waals surface area contributed by atoms with Crippen LogP contribution in [0, 0.1) is 19.7 Å². The first-order valence-electron chi connectivity index (χ1n) is 13.8. The number of aryl methyl sites for hydroxylation is 3. The highest BCUT2D eigenvalue weighted by Crippen LogP contribution is 2.37. The Balaban J connectivity index is 0.000000213. The topological polar surface area (TPSA) is 188 Å². The van der Waals surface area contributed by atoms with Crippen molar-refractivity contribution in [2.45, 2.75) is 31.6 Å². The number of carbonyl (C=O) groups excluding carboxylic acids is 1. The van der Waals surface area contributed by atoms with Crippen LogP contribution in [0.25, 0.3) is 0 Å². The van der Waals surface area contributed by atoms with Crippen molar-refractivity contribution in [1.82, 2.24) is 0 Å². The highest BCUT2D eigenvalue weighted by Gasteiger charge is 2.24. The first kappa shape index (κ1) is 35.3. The van der Waals surface area contributed by atoms with Crippen molar-refractivity contribution in [3.05, 3.63) is 101 Å². The van der Waals surface area contributed by atoms with Gasteiger partial charge in [-0.3, -0.25) is 14.2 Å². The molecule has 0 radical (unpaired) electrons. The Morgan fingerprint density at radius 1 is 0.681 bits per heavy atom. The summed E-state index contributed by atoms with van der Waals surface area (Å²) in [5, 5.41) is 5.09. The van der Waals surface area contributed by atoms with E-state index >= 15 is 0 Å². The van der Waals surface area contributed by atoms with Crippen molar-refractivity contribution >= 4 is 47.2 Å². The molecular formula is C31H32FN3O9S3. The van der Waals surface area contributed by atoms with E-state index in [1.807, 2.05) is 19.1 Å². The summed E-state index contributed by atoms with van der Waals surface area (Å²) in [6.45, 7) is 3.65. The fourth-order valence-corrected chi connectivity index (χ4v) is 6.08. The lowest BCUT2D eigenvalue weighted by Crippen LogP contribution is -2.14. The Morgan fingerprint density at radius 2 is 1.28 bits per heavy atom. The number of carbonyl (C=O) groups is 1. The third kappa shape index (κ3) is 9.99. The van der Waals surface area contributed by atoms with Gasteiger partial charge in [0.05, 0.1) is 28.8 Å². The van der Waals surface area contributed by atoms with Crippen LogP contribution in [0.2, 0.25) is 0 Å². The number of ether oxygens (including phenoxy) is 2. The van der Waals surface area contributed by atoms with E-state index in [2.05, 4.69) is 9.44 Å². The number of benzene rings is 4. The highest BCUT2D eigenvalue weighted by atomic mass is 32.2. The Hall–Kier alpha value is -4.51. The SMILES string of the molecule is Cc1ccc(Oc2cc(S(N)(=O)=O)ccc2NS(C)(=O)=O)cc1.Cc1ccc(Oc2cc3c(cc2NS(C)(=O)=O)CCC3=O)c(F)c1. The summed E-state index contributed by atoms with van der Waals surface area (Å²) in [5.41, 5.74) is 3.29. The van der Waals surface area contributed by atoms with Crippen LogP contribution < -0.4 is 24.1 Å². The fourth-order valence-electron chi connectivity index (χ4n) is 4.43. The van der Waals surface area contributed by atoms with Crippen molar-refractivity contribution in [1.29, 1.82) is 0 Å². The molecule has 12 nitrogen and oxygen atoms in total. The first-order chi connectivity index (χ1) is 21.8. The molecule has 5 rings (SSSR count). The zero-order valence-corrected chi connectivity index (χ0v) is 28.1. The Bertz CT molecular complexity index is 2170. The lowest BCUT2D eigenvalue weighted by Gasteiger charge is -2.14. The number of rotatable bonds is 9. The quantitative estimate of drug-likeness (QED) is 0.209. The van der Waals surface area contributed by atoms with Gasteiger partial charge in [0.15, 0.2) is 28.8 Å². The minimum absolute atomic E-state index is 0.0332. The molecule has 0 aliphatic heterocycles. The zero-order valence-electron chi connectivity index (χ0n) is 25.7. The summed E-state index contributed by atoms with van der Waals surface area (Å²) in [5.74, 6) is -0.0819. The van der Waals surface area contributed by atoms with Gasteiger partial charge in [-0.05, 0) is 79.9 Å². The van der Waals surface area contributed by atoms with Gasteiger partial charge < -0.3 is 9.47 Å². The van der Waals surface area contributed by atoms with E-state index in [1.165, 1.54) is 36.4 Å². The summed E-state index contributed by atoms with van der Waals surface area (Å²) in [7, 11) is -11.0. The minimum atomic E-state index is -3.94. The molecule has 0 amide bonds. The number of halogens is 1. The van der Waals surface area contributed by atoms with E-state index < -0.39 is 35.9 Å². The Kier molecular flexibility index (Phi) is 10.3. The number of nitrogens with two attached hydrogens (primary N) is 1. The maximum atomic E-state index is 14.0. The molecular weight excluding hydrogens is 674 g/mol. The summed E-state index contributed by atoms with van der Waals surface area (Å²) >= 11 is 0. The molecule has 16 heteroatoms. The second-order valence-electron chi connectivity index (χ2n) is 10.8. The molecule has 0 unspecified atom stereocenters. The van der Waals surface area contributed by atoms with Gasteiger partial charge in [-0.2, -0.15) is 0 Å². The van der Waals surface area contributed by atoms with Crippen LogP contribution in [0.4, 0.5) is 15.8 Å². The van der Waals surface area contributed by atoms with E-state index in [0.29, 0.717) is 24.2 Å². The molecule has 0 saturated carbocycles. The van der Waals surface area contributed by atoms with Crippen molar-refractivity contribution in [3.8, 4) is 23.0 Å². The maximum Gasteiger partial charge on any atom is 0.238 e. The minimum Gasteiger partial charge on any atom is -0.455 e. The molecule has 47 heavy (non-hydrogen) atoms. The molecule has 250 valence electrons. The summed E-state index contributed by atoms with van der Waals surface area (Å²) < 4.78 is 98.7. The van der Waals surface area contributed by atoms with Gasteiger partial charge in [0.1, 0.15) is 5.75 Å². The smallest absolute Gasteiger partial charge is 0.238 e. The number of Topliss-reactive ketones (excluding diaryl/α,β-unsaturated/α-hetero) is 1. The molecule has 1 aliphatic rings. The molecule has 4 aromatic carbocycles. The first-order valence-corrected chi connectivity index (χ1v) is 19.1. The standard InChI is InChI=1S/C17H16FNO4S.C14H16N2O5S2/c1-10-3-6-16(13(18)7-10)23-17-9-12-11(4-5-15(12)20)8-14(17)19-24(2,21)22;1-10-3-5-11(6-4-10)21-14-9-12(23(15,19)20)7-8-13(14)16-22(2,17)18/h3,6-9,19H,4-5H2,1-2H3;3-9,16H,1-2H3,(H2,15,19,20). The predicted molar refractivity (Wildman–Crippen MR) is 176 cm³/mol.